The van der Waals surface area contributed by atoms with Gasteiger partial charge in [0.25, 0.3) is 0 Å². The number of halogens is 3. The quantitative estimate of drug-likeness (QED) is 0.757. The van der Waals surface area contributed by atoms with E-state index in [1.807, 2.05) is 0 Å². The minimum Gasteiger partial charge on any atom is -0.330 e. The van der Waals surface area contributed by atoms with Gasteiger partial charge in [-0.2, -0.15) is 0 Å². The highest BCUT2D eigenvalue weighted by atomic mass is 19.2. The van der Waals surface area contributed by atoms with Gasteiger partial charge >= 0.3 is 0 Å². The van der Waals surface area contributed by atoms with E-state index in [-0.39, 0.29) is 5.56 Å². The van der Waals surface area contributed by atoms with Crippen molar-refractivity contribution >= 4 is 0 Å². The maximum atomic E-state index is 13.2. The molecule has 5 heteroatoms. The van der Waals surface area contributed by atoms with Crippen LogP contribution in [0.25, 0.3) is 0 Å². The van der Waals surface area contributed by atoms with Crippen molar-refractivity contribution in [1.29, 1.82) is 0 Å². The topological polar surface area (TPSA) is 52.0 Å². The van der Waals surface area contributed by atoms with Gasteiger partial charge in [0.15, 0.2) is 11.6 Å². The zero-order valence-corrected chi connectivity index (χ0v) is 8.14. The van der Waals surface area contributed by atoms with E-state index in [2.05, 4.69) is 0 Å². The van der Waals surface area contributed by atoms with E-state index in [4.69, 9.17) is 11.5 Å². The molecule has 0 unspecified atom stereocenters. The zero-order valence-electron chi connectivity index (χ0n) is 8.14. The van der Waals surface area contributed by atoms with Crippen molar-refractivity contribution in [2.24, 2.45) is 11.5 Å². The summed E-state index contributed by atoms with van der Waals surface area (Å²) in [7, 11) is 0. The molecular weight excluding hydrogens is 205 g/mol. The van der Waals surface area contributed by atoms with Crippen molar-refractivity contribution in [3.8, 4) is 0 Å². The second-order valence-corrected chi connectivity index (χ2v) is 3.33. The van der Waals surface area contributed by atoms with Gasteiger partial charge in [0, 0.05) is 17.7 Å². The molecule has 0 fully saturated rings. The Labute approximate surface area is 86.1 Å². The third-order valence-corrected chi connectivity index (χ3v) is 2.14. The average molecular weight is 218 g/mol. The lowest BCUT2D eigenvalue weighted by molar-refractivity contribution is 0.468. The first-order valence-electron chi connectivity index (χ1n) is 4.66. The van der Waals surface area contributed by atoms with Crippen LogP contribution < -0.4 is 11.5 Å². The molecule has 0 aliphatic heterocycles. The van der Waals surface area contributed by atoms with Crippen LogP contribution in [0, 0.1) is 17.5 Å². The lowest BCUT2D eigenvalue weighted by Gasteiger charge is -2.12. The Morgan fingerprint density at radius 3 is 2.47 bits per heavy atom. The smallest absolute Gasteiger partial charge is 0.163 e. The highest BCUT2D eigenvalue weighted by Gasteiger charge is 2.16. The standard InChI is InChI=1S/C10H13F3N2/c11-6-4-7(9(15)2-1-3-14)10(13)8(12)5-6/h4-5,9H,1-3,14-15H2/t9-/m0/s1. The number of benzene rings is 1. The molecule has 0 saturated carbocycles. The summed E-state index contributed by atoms with van der Waals surface area (Å²) < 4.78 is 38.8. The molecule has 0 aromatic heterocycles. The second-order valence-electron chi connectivity index (χ2n) is 3.33. The Hall–Kier alpha value is -1.07. The van der Waals surface area contributed by atoms with Crippen molar-refractivity contribution in [3.05, 3.63) is 35.1 Å². The number of rotatable bonds is 4. The summed E-state index contributed by atoms with van der Waals surface area (Å²) in [6.07, 6.45) is 0.981. The molecule has 0 spiro atoms. The fraction of sp³-hybridized carbons (Fsp3) is 0.400. The molecule has 84 valence electrons. The molecular formula is C10H13F3N2. The van der Waals surface area contributed by atoms with Crippen LogP contribution in [0.1, 0.15) is 24.4 Å². The summed E-state index contributed by atoms with van der Waals surface area (Å²) in [5.74, 6) is -3.12. The normalized spacial score (nSPS) is 12.9. The summed E-state index contributed by atoms with van der Waals surface area (Å²) in [5, 5.41) is 0. The molecule has 1 rings (SSSR count). The van der Waals surface area contributed by atoms with Crippen LogP contribution in [0.15, 0.2) is 12.1 Å². The highest BCUT2D eigenvalue weighted by molar-refractivity contribution is 5.23. The van der Waals surface area contributed by atoms with Gasteiger partial charge in [0.1, 0.15) is 5.82 Å². The van der Waals surface area contributed by atoms with Crippen LogP contribution in [0.3, 0.4) is 0 Å². The Bertz CT molecular complexity index is 342. The van der Waals surface area contributed by atoms with Crippen molar-refractivity contribution in [1.82, 2.24) is 0 Å². The predicted molar refractivity (Wildman–Crippen MR) is 51.5 cm³/mol. The van der Waals surface area contributed by atoms with E-state index in [0.717, 1.165) is 6.07 Å². The number of hydrogen-bond donors (Lipinski definition) is 2. The Kier molecular flexibility index (Phi) is 4.11. The monoisotopic (exact) mass is 218 g/mol. The van der Waals surface area contributed by atoms with Gasteiger partial charge in [-0.05, 0) is 25.5 Å². The fourth-order valence-corrected chi connectivity index (χ4v) is 1.34. The summed E-state index contributed by atoms with van der Waals surface area (Å²) in [6, 6.07) is 0.687. The van der Waals surface area contributed by atoms with Crippen molar-refractivity contribution < 1.29 is 13.2 Å². The van der Waals surface area contributed by atoms with Gasteiger partial charge in [0.05, 0.1) is 0 Å². The van der Waals surface area contributed by atoms with E-state index < -0.39 is 23.5 Å². The first kappa shape index (κ1) is 12.0. The summed E-state index contributed by atoms with van der Waals surface area (Å²) in [6.45, 7) is 0.410. The van der Waals surface area contributed by atoms with Crippen molar-refractivity contribution in [3.63, 3.8) is 0 Å². The molecule has 1 aromatic carbocycles. The van der Waals surface area contributed by atoms with Gasteiger partial charge in [-0.15, -0.1) is 0 Å². The maximum Gasteiger partial charge on any atom is 0.163 e. The molecule has 0 amide bonds. The lowest BCUT2D eigenvalue weighted by Crippen LogP contribution is -2.15. The zero-order chi connectivity index (χ0) is 11.4. The average Bonchev–Trinajstić information content (AvgIpc) is 2.19. The van der Waals surface area contributed by atoms with Gasteiger partial charge < -0.3 is 11.5 Å². The third-order valence-electron chi connectivity index (χ3n) is 2.14. The van der Waals surface area contributed by atoms with Crippen LogP contribution in [-0.4, -0.2) is 6.54 Å². The van der Waals surface area contributed by atoms with Crippen LogP contribution in [0.2, 0.25) is 0 Å². The van der Waals surface area contributed by atoms with Gasteiger partial charge in [-0.25, -0.2) is 13.2 Å². The minimum atomic E-state index is -1.21. The molecule has 2 nitrogen and oxygen atoms in total. The fourth-order valence-electron chi connectivity index (χ4n) is 1.34. The van der Waals surface area contributed by atoms with Gasteiger partial charge in [-0.3, -0.25) is 0 Å². The lowest BCUT2D eigenvalue weighted by atomic mass is 10.0. The summed E-state index contributed by atoms with van der Waals surface area (Å²) >= 11 is 0. The van der Waals surface area contributed by atoms with E-state index >= 15 is 0 Å². The van der Waals surface area contributed by atoms with E-state index in [1.165, 1.54) is 0 Å². The molecule has 0 saturated heterocycles. The molecule has 1 aromatic rings. The van der Waals surface area contributed by atoms with Crippen LogP contribution >= 0.6 is 0 Å². The van der Waals surface area contributed by atoms with E-state index in [9.17, 15) is 13.2 Å². The molecule has 4 N–H and O–H groups in total. The van der Waals surface area contributed by atoms with E-state index in [1.54, 1.807) is 0 Å². The maximum absolute atomic E-state index is 13.2. The molecule has 0 aliphatic rings. The molecule has 0 aliphatic carbocycles. The SMILES string of the molecule is NCCC[C@H](N)c1cc(F)cc(F)c1F. The molecule has 15 heavy (non-hydrogen) atoms. The van der Waals surface area contributed by atoms with Crippen molar-refractivity contribution in [2.75, 3.05) is 6.54 Å². The second kappa shape index (κ2) is 5.14. The van der Waals surface area contributed by atoms with Crippen molar-refractivity contribution in [2.45, 2.75) is 18.9 Å². The largest absolute Gasteiger partial charge is 0.330 e. The highest BCUT2D eigenvalue weighted by Crippen LogP contribution is 2.22. The summed E-state index contributed by atoms with van der Waals surface area (Å²) in [5.41, 5.74) is 10.7. The van der Waals surface area contributed by atoms with Crippen LogP contribution in [0.5, 0.6) is 0 Å². The van der Waals surface area contributed by atoms with Crippen LogP contribution in [-0.2, 0) is 0 Å². The Balaban J connectivity index is 2.92. The van der Waals surface area contributed by atoms with Crippen LogP contribution in [0.4, 0.5) is 13.2 Å². The van der Waals surface area contributed by atoms with Gasteiger partial charge in [-0.1, -0.05) is 0 Å². The summed E-state index contributed by atoms with van der Waals surface area (Å²) in [4.78, 5) is 0. The third kappa shape index (κ3) is 2.94. The number of hydrogen-bond acceptors (Lipinski definition) is 2. The molecule has 0 bridgehead atoms. The Morgan fingerprint density at radius 2 is 1.87 bits per heavy atom. The molecule has 0 heterocycles. The van der Waals surface area contributed by atoms with Gasteiger partial charge in [0.2, 0.25) is 0 Å². The minimum absolute atomic E-state index is 0.138. The first-order valence-corrected chi connectivity index (χ1v) is 4.66. The molecule has 0 radical (unpaired) electrons. The Morgan fingerprint density at radius 1 is 1.20 bits per heavy atom. The van der Waals surface area contributed by atoms with E-state index in [0.29, 0.717) is 25.5 Å². The molecule has 1 atom stereocenters. The first-order chi connectivity index (χ1) is 7.06. The number of nitrogens with two attached hydrogens (primary N) is 2. The predicted octanol–water partition coefficient (Wildman–Crippen LogP) is 1.84.